The van der Waals surface area contributed by atoms with E-state index in [1.165, 1.54) is 49.4 Å². The highest BCUT2D eigenvalue weighted by atomic mass is 35.5. The summed E-state index contributed by atoms with van der Waals surface area (Å²) in [6.45, 7) is 1.38. The Morgan fingerprint density at radius 3 is 2.05 bits per heavy atom. The number of anilines is 3. The second-order valence-electron chi connectivity index (χ2n) is 7.91. The van der Waals surface area contributed by atoms with Crippen molar-refractivity contribution in [1.82, 2.24) is 0 Å². The fourth-order valence-electron chi connectivity index (χ4n) is 3.33. The van der Waals surface area contributed by atoms with Gasteiger partial charge in [0.2, 0.25) is 15.9 Å². The number of nitrogens with zero attached hydrogens (tertiary/aromatic N) is 1. The number of amides is 1. The summed E-state index contributed by atoms with van der Waals surface area (Å²) in [6.07, 6.45) is -3.69. The van der Waals surface area contributed by atoms with Gasteiger partial charge in [0, 0.05) is 16.4 Å². The van der Waals surface area contributed by atoms with E-state index in [1.807, 2.05) is 0 Å². The van der Waals surface area contributed by atoms with Crippen LogP contribution in [0.4, 0.5) is 30.2 Å². The number of nitrogens with one attached hydrogen (secondary N) is 2. The molecule has 0 fully saturated rings. The van der Waals surface area contributed by atoms with Gasteiger partial charge in [-0.1, -0.05) is 17.7 Å². The molecule has 0 saturated carbocycles. The highest BCUT2D eigenvalue weighted by molar-refractivity contribution is 7.92. The van der Waals surface area contributed by atoms with E-state index in [9.17, 15) is 34.8 Å². The molecule has 0 heterocycles. The minimum Gasteiger partial charge on any atom is -0.324 e. The summed E-state index contributed by atoms with van der Waals surface area (Å²) in [7, 11) is -8.10. The summed E-state index contributed by atoms with van der Waals surface area (Å²) >= 11 is 5.86. The average Bonchev–Trinajstić information content (AvgIpc) is 2.79. The van der Waals surface area contributed by atoms with Gasteiger partial charge in [-0.3, -0.25) is 13.8 Å². The number of hydrogen-bond acceptors (Lipinski definition) is 5. The number of benzene rings is 3. The molecule has 1 atom stereocenters. The van der Waals surface area contributed by atoms with Crippen molar-refractivity contribution in [3.8, 4) is 0 Å². The number of carbonyl (C=O) groups is 1. The van der Waals surface area contributed by atoms with E-state index in [-0.39, 0.29) is 22.0 Å². The molecule has 198 valence electrons. The Balaban J connectivity index is 1.76. The number of halogens is 4. The third-order valence-corrected chi connectivity index (χ3v) is 7.93. The molecule has 0 aromatic heterocycles. The van der Waals surface area contributed by atoms with Crippen molar-refractivity contribution in [2.24, 2.45) is 0 Å². The van der Waals surface area contributed by atoms with Crippen LogP contribution < -0.4 is 14.3 Å². The van der Waals surface area contributed by atoms with Gasteiger partial charge in [-0.2, -0.15) is 13.2 Å². The first-order valence-corrected chi connectivity index (χ1v) is 14.1. The lowest BCUT2D eigenvalue weighted by molar-refractivity contribution is -0.137. The van der Waals surface area contributed by atoms with Gasteiger partial charge in [-0.05, 0) is 73.7 Å². The lowest BCUT2D eigenvalue weighted by atomic mass is 10.2. The SMILES string of the molecule is C[C@@H](C(=O)Nc1ccc(S(=O)(=O)Nc2cccc(C(F)(F)F)c2)cc1)N(c1ccc(Cl)cc1)S(C)(=O)=O. The molecule has 1 amide bonds. The predicted octanol–water partition coefficient (Wildman–Crippen LogP) is 4.95. The number of hydrogen-bond donors (Lipinski definition) is 2. The summed E-state index contributed by atoms with van der Waals surface area (Å²) in [4.78, 5) is 12.5. The van der Waals surface area contributed by atoms with Gasteiger partial charge >= 0.3 is 6.18 Å². The van der Waals surface area contributed by atoms with Crippen molar-refractivity contribution in [2.45, 2.75) is 24.0 Å². The standard InChI is InChI=1S/C23H21ClF3N3O5S2/c1-15(30(36(2,32)33)20-10-6-17(24)7-11-20)22(31)28-18-8-12-21(13-9-18)37(34,35)29-19-5-3-4-16(14-19)23(25,26)27/h3-15,29H,1-2H3,(H,28,31)/t15-/m0/s1. The van der Waals surface area contributed by atoms with Crippen LogP contribution in [0.15, 0.2) is 77.7 Å². The van der Waals surface area contributed by atoms with E-state index in [2.05, 4.69) is 10.0 Å². The highest BCUT2D eigenvalue weighted by Gasteiger charge is 2.31. The number of carbonyl (C=O) groups excluding carboxylic acids is 1. The van der Waals surface area contributed by atoms with Gasteiger partial charge < -0.3 is 5.32 Å². The zero-order valence-electron chi connectivity index (χ0n) is 19.3. The van der Waals surface area contributed by atoms with Crippen LogP contribution in [-0.2, 0) is 31.0 Å². The molecule has 0 spiro atoms. The van der Waals surface area contributed by atoms with E-state index >= 15 is 0 Å². The molecule has 37 heavy (non-hydrogen) atoms. The van der Waals surface area contributed by atoms with E-state index in [1.54, 1.807) is 0 Å². The van der Waals surface area contributed by atoms with Gasteiger partial charge in [0.1, 0.15) is 6.04 Å². The van der Waals surface area contributed by atoms with Gasteiger partial charge in [-0.25, -0.2) is 16.8 Å². The molecule has 8 nitrogen and oxygen atoms in total. The van der Waals surface area contributed by atoms with Crippen molar-refractivity contribution >= 4 is 54.6 Å². The summed E-state index contributed by atoms with van der Waals surface area (Å²) < 4.78 is 91.7. The van der Waals surface area contributed by atoms with Crippen molar-refractivity contribution in [2.75, 3.05) is 20.6 Å². The molecular weight excluding hydrogens is 555 g/mol. The van der Waals surface area contributed by atoms with Crippen LogP contribution in [0, 0.1) is 0 Å². The predicted molar refractivity (Wildman–Crippen MR) is 136 cm³/mol. The zero-order valence-corrected chi connectivity index (χ0v) is 21.7. The van der Waals surface area contributed by atoms with Crippen LogP contribution in [0.3, 0.4) is 0 Å². The molecule has 0 aliphatic heterocycles. The zero-order chi connectivity index (χ0) is 27.6. The van der Waals surface area contributed by atoms with Crippen molar-refractivity contribution < 1.29 is 34.8 Å². The average molecular weight is 576 g/mol. The highest BCUT2D eigenvalue weighted by Crippen LogP contribution is 2.31. The monoisotopic (exact) mass is 575 g/mol. The van der Waals surface area contributed by atoms with Crippen molar-refractivity contribution in [1.29, 1.82) is 0 Å². The Hall–Kier alpha value is -3.29. The van der Waals surface area contributed by atoms with Crippen molar-refractivity contribution in [3.05, 3.63) is 83.4 Å². The number of sulfonamides is 2. The second kappa shape index (κ2) is 10.6. The molecule has 2 N–H and O–H groups in total. The fraction of sp³-hybridized carbons (Fsp3) is 0.174. The van der Waals surface area contributed by atoms with Crippen LogP contribution in [0.5, 0.6) is 0 Å². The summed E-state index contributed by atoms with van der Waals surface area (Å²) in [5, 5.41) is 2.90. The minimum absolute atomic E-state index is 0.166. The van der Waals surface area contributed by atoms with Gasteiger partial charge in [0.25, 0.3) is 10.0 Å². The maximum atomic E-state index is 12.9. The molecule has 0 aliphatic carbocycles. The number of rotatable bonds is 8. The van der Waals surface area contributed by atoms with Gasteiger partial charge in [0.05, 0.1) is 22.4 Å². The minimum atomic E-state index is -4.64. The molecule has 0 aliphatic rings. The largest absolute Gasteiger partial charge is 0.416 e. The van der Waals surface area contributed by atoms with Crippen molar-refractivity contribution in [3.63, 3.8) is 0 Å². The molecule has 3 aromatic rings. The lowest BCUT2D eigenvalue weighted by Crippen LogP contribution is -2.45. The molecule has 0 unspecified atom stereocenters. The van der Waals surface area contributed by atoms with E-state index in [0.29, 0.717) is 11.1 Å². The fourth-order valence-corrected chi connectivity index (χ4v) is 5.68. The first-order valence-electron chi connectivity index (χ1n) is 10.4. The Morgan fingerprint density at radius 2 is 1.51 bits per heavy atom. The molecule has 3 aromatic carbocycles. The van der Waals surface area contributed by atoms with E-state index in [4.69, 9.17) is 11.6 Å². The van der Waals surface area contributed by atoms with Crippen LogP contribution in [-0.4, -0.2) is 35.0 Å². The van der Waals surface area contributed by atoms with Crippen LogP contribution in [0.1, 0.15) is 12.5 Å². The van der Waals surface area contributed by atoms with Crippen LogP contribution >= 0.6 is 11.6 Å². The van der Waals surface area contributed by atoms with Gasteiger partial charge in [-0.15, -0.1) is 0 Å². The summed E-state index contributed by atoms with van der Waals surface area (Å²) in [5.41, 5.74) is -0.901. The van der Waals surface area contributed by atoms with Crippen LogP contribution in [0.2, 0.25) is 5.02 Å². The Morgan fingerprint density at radius 1 is 0.919 bits per heavy atom. The molecule has 14 heteroatoms. The maximum absolute atomic E-state index is 12.9. The third-order valence-electron chi connectivity index (χ3n) is 5.04. The maximum Gasteiger partial charge on any atom is 0.416 e. The topological polar surface area (TPSA) is 113 Å². The van der Waals surface area contributed by atoms with E-state index in [0.717, 1.165) is 34.8 Å². The van der Waals surface area contributed by atoms with Crippen LogP contribution in [0.25, 0.3) is 0 Å². The lowest BCUT2D eigenvalue weighted by Gasteiger charge is -2.28. The quantitative estimate of drug-likeness (QED) is 0.394. The third kappa shape index (κ3) is 7.14. The normalized spacial score (nSPS) is 13.0. The first-order chi connectivity index (χ1) is 17.1. The molecule has 0 saturated heterocycles. The molecule has 0 radical (unpaired) electrons. The summed E-state index contributed by atoms with van der Waals surface area (Å²) in [5.74, 6) is -0.696. The van der Waals surface area contributed by atoms with E-state index < -0.39 is 43.7 Å². The smallest absolute Gasteiger partial charge is 0.324 e. The Labute approximate surface area is 217 Å². The number of alkyl halides is 3. The second-order valence-corrected chi connectivity index (χ2v) is 11.9. The summed E-state index contributed by atoms with van der Waals surface area (Å²) in [6, 6.07) is 13.2. The Kier molecular flexibility index (Phi) is 8.10. The Bertz CT molecular complexity index is 1500. The molecule has 0 bridgehead atoms. The first kappa shape index (κ1) is 28.3. The molecule has 3 rings (SSSR count). The molecular formula is C23H21ClF3N3O5S2. The van der Waals surface area contributed by atoms with Gasteiger partial charge in [0.15, 0.2) is 0 Å².